The van der Waals surface area contributed by atoms with Gasteiger partial charge in [0, 0.05) is 77.7 Å². The van der Waals surface area contributed by atoms with Crippen molar-refractivity contribution in [3.8, 4) is 0 Å². The fraction of sp³-hybridized carbons (Fsp3) is 0.462. The predicted molar refractivity (Wildman–Crippen MR) is 253 cm³/mol. The summed E-state index contributed by atoms with van der Waals surface area (Å²) in [5.74, 6) is 0. The minimum absolute atomic E-state index is 0.119. The Morgan fingerprint density at radius 1 is 0.300 bits per heavy atom. The maximum Gasteiger partial charge on any atom is 0.115 e. The lowest BCUT2D eigenvalue weighted by atomic mass is 9.87. The summed E-state index contributed by atoms with van der Waals surface area (Å²) in [5.41, 5.74) is 8.20. The molecule has 8 heteroatoms. The first-order valence-corrected chi connectivity index (χ1v) is 20.8. The smallest absolute Gasteiger partial charge is 0.115 e. The normalized spacial score (nSPS) is 11.5. The highest BCUT2D eigenvalue weighted by Crippen LogP contribution is 2.22. The lowest BCUT2D eigenvalue weighted by Crippen LogP contribution is -2.13. The highest BCUT2D eigenvalue weighted by molar-refractivity contribution is 5.22. The largest absolute Gasteiger partial charge is 0.264 e. The molecule has 0 fully saturated rings. The van der Waals surface area contributed by atoms with Crippen LogP contribution in [0.4, 0.5) is 0 Å². The van der Waals surface area contributed by atoms with E-state index in [1.807, 2.05) is 55.1 Å². The van der Waals surface area contributed by atoms with Gasteiger partial charge in [-0.05, 0) is 63.3 Å². The second-order valence-electron chi connectivity index (χ2n) is 20.6. The zero-order chi connectivity index (χ0) is 45.7. The molecule has 1 aromatic carbocycles. The van der Waals surface area contributed by atoms with E-state index in [0.717, 1.165) is 17.1 Å². The monoisotopic (exact) mass is 813 g/mol. The van der Waals surface area contributed by atoms with Crippen molar-refractivity contribution < 1.29 is 0 Å². The molecule has 0 bridgehead atoms. The van der Waals surface area contributed by atoms with E-state index < -0.39 is 0 Å². The zero-order valence-electron chi connectivity index (χ0n) is 40.3. The third-order valence-electron chi connectivity index (χ3n) is 8.70. The van der Waals surface area contributed by atoms with E-state index in [1.165, 1.54) is 16.7 Å². The molecule has 0 N–H and O–H groups in total. The predicted octanol–water partition coefficient (Wildman–Crippen LogP) is 13.1. The van der Waals surface area contributed by atoms with Gasteiger partial charge in [-0.2, -0.15) is 10.2 Å². The van der Waals surface area contributed by atoms with Crippen molar-refractivity contribution in [2.24, 2.45) is 0 Å². The first-order valence-electron chi connectivity index (χ1n) is 20.8. The molecule has 0 unspecified atom stereocenters. The Morgan fingerprint density at radius 2 is 0.750 bits per heavy atom. The van der Waals surface area contributed by atoms with Gasteiger partial charge in [0.1, 0.15) is 6.33 Å². The fourth-order valence-corrected chi connectivity index (χ4v) is 4.63. The van der Waals surface area contributed by atoms with Crippen LogP contribution < -0.4 is 0 Å². The molecule has 0 aliphatic rings. The van der Waals surface area contributed by atoms with Crippen LogP contribution in [0.15, 0.2) is 135 Å². The molecule has 6 aromatic rings. The average molecular weight is 813 g/mol. The van der Waals surface area contributed by atoms with Gasteiger partial charge in [0.15, 0.2) is 0 Å². The van der Waals surface area contributed by atoms with Crippen molar-refractivity contribution in [1.29, 1.82) is 0 Å². The van der Waals surface area contributed by atoms with Crippen molar-refractivity contribution in [2.75, 3.05) is 0 Å². The van der Waals surface area contributed by atoms with Gasteiger partial charge in [0.2, 0.25) is 0 Å². The number of hydrogen-bond donors (Lipinski definition) is 0. The minimum Gasteiger partial charge on any atom is -0.264 e. The van der Waals surface area contributed by atoms with Gasteiger partial charge < -0.3 is 0 Å². The number of benzene rings is 1. The Bertz CT molecular complexity index is 1560. The van der Waals surface area contributed by atoms with Crippen LogP contribution in [-0.4, -0.2) is 40.1 Å². The van der Waals surface area contributed by atoms with Crippen LogP contribution in [0.2, 0.25) is 0 Å². The number of nitrogens with zero attached hydrogens (tertiary/aromatic N) is 8. The number of rotatable bonds is 0. The van der Waals surface area contributed by atoms with Gasteiger partial charge in [-0.25, -0.2) is 9.97 Å². The lowest BCUT2D eigenvalue weighted by molar-refractivity contribution is 0.558. The Balaban J connectivity index is 0.000000360. The Hall–Kier alpha value is -5.24. The van der Waals surface area contributed by atoms with E-state index in [2.05, 4.69) is 207 Å². The van der Waals surface area contributed by atoms with Crippen molar-refractivity contribution in [3.05, 3.63) is 169 Å². The molecule has 6 rings (SSSR count). The van der Waals surface area contributed by atoms with Crippen LogP contribution in [0.25, 0.3) is 0 Å². The molecule has 0 amide bonds. The summed E-state index contributed by atoms with van der Waals surface area (Å²) < 4.78 is 0. The van der Waals surface area contributed by atoms with Crippen LogP contribution in [0.5, 0.6) is 0 Å². The van der Waals surface area contributed by atoms with Crippen molar-refractivity contribution >= 4 is 0 Å². The fourth-order valence-electron chi connectivity index (χ4n) is 4.63. The molecule has 0 saturated carbocycles. The molecule has 0 saturated heterocycles. The maximum atomic E-state index is 4.25. The second kappa shape index (κ2) is 24.1. The van der Waals surface area contributed by atoms with Crippen molar-refractivity contribution in [1.82, 2.24) is 40.1 Å². The van der Waals surface area contributed by atoms with E-state index in [1.54, 1.807) is 37.3 Å². The Kier molecular flexibility index (Phi) is 21.2. The molecule has 60 heavy (non-hydrogen) atoms. The molecule has 0 radical (unpaired) electrons. The molecular weight excluding hydrogens is 737 g/mol. The highest BCUT2D eigenvalue weighted by Gasteiger charge is 2.16. The SMILES string of the molecule is CC(C)(C)c1ccccc1.CC(C)(C)c1ccccn1.CC(C)(C)c1cccnc1.CC(C)(C)c1cccnn1.CC(C)(C)c1cnccn1.CC(C)(C)c1cncnc1. The molecule has 0 spiro atoms. The standard InChI is InChI=1S/C10H14.2C9H13N.3C8H12N2/c1-10(2,3)9-7-5-4-6-8-9;1-9(2,3)8-5-4-6-10-7-8;1-9(2,3)8-6-4-5-7-10-8;1-8(2,3)7-4-9-6-10-5-7;1-8(2,3)7-6-9-4-5-10-7;1-8(2,3)7-5-4-6-9-10-7/h4-8H,1-3H3;2*4-7H,1-3H3;3*4-6H,1-3H3. The summed E-state index contributed by atoms with van der Waals surface area (Å²) in [5, 5.41) is 7.80. The van der Waals surface area contributed by atoms with E-state index in [0.29, 0.717) is 5.41 Å². The van der Waals surface area contributed by atoms with Crippen LogP contribution >= 0.6 is 0 Å². The molecule has 0 aliphatic heterocycles. The topological polar surface area (TPSA) is 103 Å². The third kappa shape index (κ3) is 22.8. The quantitative estimate of drug-likeness (QED) is 0.149. The highest BCUT2D eigenvalue weighted by atomic mass is 15.1. The van der Waals surface area contributed by atoms with Crippen LogP contribution in [0.1, 0.15) is 158 Å². The summed E-state index contributed by atoms with van der Waals surface area (Å²) in [6.45, 7) is 38.9. The van der Waals surface area contributed by atoms with Gasteiger partial charge >= 0.3 is 0 Å². The Morgan fingerprint density at radius 3 is 1.05 bits per heavy atom. The zero-order valence-corrected chi connectivity index (χ0v) is 40.3. The molecule has 5 heterocycles. The summed E-state index contributed by atoms with van der Waals surface area (Å²) in [7, 11) is 0. The summed E-state index contributed by atoms with van der Waals surface area (Å²) >= 11 is 0. The van der Waals surface area contributed by atoms with Gasteiger partial charge in [0.05, 0.1) is 11.4 Å². The molecular formula is C52H76N8. The van der Waals surface area contributed by atoms with Gasteiger partial charge in [-0.15, -0.1) is 0 Å². The summed E-state index contributed by atoms with van der Waals surface area (Å²) in [4.78, 5) is 24.4. The average Bonchev–Trinajstić information content (AvgIpc) is 3.19. The molecule has 8 nitrogen and oxygen atoms in total. The minimum atomic E-state index is 0.119. The molecule has 5 aromatic heterocycles. The van der Waals surface area contributed by atoms with Crippen LogP contribution in [-0.2, 0) is 32.5 Å². The van der Waals surface area contributed by atoms with Gasteiger partial charge in [-0.1, -0.05) is 167 Å². The van der Waals surface area contributed by atoms with Gasteiger partial charge in [0.25, 0.3) is 0 Å². The lowest BCUT2D eigenvalue weighted by Gasteiger charge is -2.18. The molecule has 324 valence electrons. The van der Waals surface area contributed by atoms with E-state index in [9.17, 15) is 0 Å². The summed E-state index contributed by atoms with van der Waals surface area (Å²) in [6, 6.07) is 24.5. The van der Waals surface area contributed by atoms with E-state index >= 15 is 0 Å². The van der Waals surface area contributed by atoms with Crippen LogP contribution in [0.3, 0.4) is 0 Å². The first kappa shape index (κ1) is 52.8. The Labute approximate surface area is 364 Å². The number of hydrogen-bond acceptors (Lipinski definition) is 8. The third-order valence-corrected chi connectivity index (χ3v) is 8.70. The first-order chi connectivity index (χ1) is 27.6. The van der Waals surface area contributed by atoms with Crippen molar-refractivity contribution in [2.45, 2.75) is 157 Å². The van der Waals surface area contributed by atoms with Crippen LogP contribution in [0, 0.1) is 0 Å². The number of pyridine rings is 2. The maximum absolute atomic E-state index is 4.25. The molecule has 0 atom stereocenters. The molecule has 0 aliphatic carbocycles. The second-order valence-corrected chi connectivity index (χ2v) is 20.6. The van der Waals surface area contributed by atoms with E-state index in [-0.39, 0.29) is 27.1 Å². The number of aromatic nitrogens is 8. The van der Waals surface area contributed by atoms with Gasteiger partial charge in [-0.3, -0.25) is 19.9 Å². The van der Waals surface area contributed by atoms with Crippen molar-refractivity contribution in [3.63, 3.8) is 0 Å². The van der Waals surface area contributed by atoms with E-state index in [4.69, 9.17) is 0 Å². The summed E-state index contributed by atoms with van der Waals surface area (Å²) in [6.07, 6.45) is 17.7.